The van der Waals surface area contributed by atoms with Crippen LogP contribution >= 0.6 is 12.4 Å². The van der Waals surface area contributed by atoms with Crippen LogP contribution in [0.25, 0.3) is 0 Å². The van der Waals surface area contributed by atoms with E-state index in [4.69, 9.17) is 14.2 Å². The van der Waals surface area contributed by atoms with Gasteiger partial charge in [0.2, 0.25) is 0 Å². The second kappa shape index (κ2) is 11.7. The Hall–Kier alpha value is -2.28. The summed E-state index contributed by atoms with van der Waals surface area (Å²) in [6.07, 6.45) is 0. The average molecular weight is 421 g/mol. The number of nitrogens with zero attached hydrogens (tertiary/aromatic N) is 1. The molecule has 3 rings (SSSR count). The number of para-hydroxylation sites is 1. The van der Waals surface area contributed by atoms with Crippen LogP contribution in [0.4, 0.5) is 0 Å². The van der Waals surface area contributed by atoms with E-state index in [1.165, 1.54) is 11.1 Å². The molecule has 158 valence electrons. The van der Waals surface area contributed by atoms with Crippen molar-refractivity contribution in [2.24, 2.45) is 0 Å². The zero-order valence-corrected chi connectivity index (χ0v) is 17.7. The van der Waals surface area contributed by atoms with E-state index in [-0.39, 0.29) is 31.0 Å². The van der Waals surface area contributed by atoms with E-state index < -0.39 is 0 Å². The maximum atomic E-state index is 11.4. The Balaban J connectivity index is 0.00000300. The van der Waals surface area contributed by atoms with Crippen LogP contribution in [0, 0.1) is 0 Å². The van der Waals surface area contributed by atoms with Crippen molar-refractivity contribution in [3.05, 3.63) is 59.7 Å². The highest BCUT2D eigenvalue weighted by Gasteiger charge is 2.26. The first-order valence-electron chi connectivity index (χ1n) is 9.66. The summed E-state index contributed by atoms with van der Waals surface area (Å²) in [5, 5.41) is 3.49. The van der Waals surface area contributed by atoms with Gasteiger partial charge in [0.25, 0.3) is 0 Å². The zero-order valence-electron chi connectivity index (χ0n) is 16.9. The number of piperazine rings is 1. The predicted octanol–water partition coefficient (Wildman–Crippen LogP) is 3.21. The van der Waals surface area contributed by atoms with Crippen molar-refractivity contribution in [3.63, 3.8) is 0 Å². The number of rotatable bonds is 8. The molecule has 1 fully saturated rings. The summed E-state index contributed by atoms with van der Waals surface area (Å²) < 4.78 is 15.9. The summed E-state index contributed by atoms with van der Waals surface area (Å²) in [7, 11) is 1.72. The number of hydrogen-bond acceptors (Lipinski definition) is 6. The highest BCUT2D eigenvalue weighted by molar-refractivity contribution is 5.85. The van der Waals surface area contributed by atoms with Crippen molar-refractivity contribution in [2.45, 2.75) is 19.5 Å². The van der Waals surface area contributed by atoms with Gasteiger partial charge >= 0.3 is 5.97 Å². The van der Waals surface area contributed by atoms with Gasteiger partial charge in [-0.2, -0.15) is 0 Å². The molecule has 0 aliphatic carbocycles. The van der Waals surface area contributed by atoms with Crippen molar-refractivity contribution in [3.8, 4) is 11.5 Å². The molecule has 0 radical (unpaired) electrons. The number of carbonyl (C=O) groups excluding carboxylic acids is 1. The molecule has 2 aromatic rings. The summed E-state index contributed by atoms with van der Waals surface area (Å²) >= 11 is 0. The number of halogens is 1. The molecule has 6 nitrogen and oxygen atoms in total. The monoisotopic (exact) mass is 420 g/mol. The van der Waals surface area contributed by atoms with Gasteiger partial charge in [-0.05, 0) is 30.7 Å². The lowest BCUT2D eigenvalue weighted by atomic mass is 10.0. The van der Waals surface area contributed by atoms with Crippen LogP contribution in [-0.4, -0.2) is 50.8 Å². The summed E-state index contributed by atoms with van der Waals surface area (Å²) in [4.78, 5) is 13.9. The Morgan fingerprint density at radius 1 is 1.17 bits per heavy atom. The van der Waals surface area contributed by atoms with Crippen molar-refractivity contribution in [1.82, 2.24) is 10.2 Å². The van der Waals surface area contributed by atoms with Crippen molar-refractivity contribution >= 4 is 18.4 Å². The summed E-state index contributed by atoms with van der Waals surface area (Å²) in [5.74, 6) is 1.23. The normalized spacial score (nSPS) is 16.6. The molecule has 1 saturated heterocycles. The van der Waals surface area contributed by atoms with Gasteiger partial charge in [-0.3, -0.25) is 4.90 Å². The quantitative estimate of drug-likeness (QED) is 0.662. The van der Waals surface area contributed by atoms with Crippen LogP contribution in [-0.2, 0) is 16.1 Å². The van der Waals surface area contributed by atoms with Crippen LogP contribution in [0.15, 0.2) is 48.5 Å². The highest BCUT2D eigenvalue weighted by atomic mass is 35.5. The molecule has 2 aromatic carbocycles. The van der Waals surface area contributed by atoms with Gasteiger partial charge < -0.3 is 19.5 Å². The van der Waals surface area contributed by atoms with E-state index in [1.54, 1.807) is 14.0 Å². The minimum Gasteiger partial charge on any atom is -0.496 e. The van der Waals surface area contributed by atoms with Crippen molar-refractivity contribution in [1.29, 1.82) is 0 Å². The first-order chi connectivity index (χ1) is 13.7. The molecule has 1 atom stereocenters. The number of benzene rings is 2. The summed E-state index contributed by atoms with van der Waals surface area (Å²) in [6.45, 7) is 5.72. The number of methoxy groups -OCH3 is 1. The number of nitrogens with one attached hydrogen (secondary N) is 1. The standard InChI is InChI=1S/C22H28N2O4.ClH/c1-3-27-22(25)16-28-18-10-8-17(9-11-18)15-24-13-12-23-14-20(24)19-6-4-5-7-21(19)26-2;/h4-11,20,23H,3,12-16H2,1-2H3;1H. The minimum absolute atomic E-state index is 0. The predicted molar refractivity (Wildman–Crippen MR) is 115 cm³/mol. The molecule has 0 aromatic heterocycles. The molecule has 1 unspecified atom stereocenters. The average Bonchev–Trinajstić information content (AvgIpc) is 2.74. The van der Waals surface area contributed by atoms with E-state index in [0.29, 0.717) is 12.4 Å². The first kappa shape index (κ1) is 23.0. The van der Waals surface area contributed by atoms with Gasteiger partial charge in [-0.15, -0.1) is 12.4 Å². The minimum atomic E-state index is -0.355. The molecule has 1 N–H and O–H groups in total. The molecule has 0 saturated carbocycles. The third kappa shape index (κ3) is 6.35. The van der Waals surface area contributed by atoms with E-state index in [0.717, 1.165) is 31.9 Å². The van der Waals surface area contributed by atoms with Gasteiger partial charge in [0.1, 0.15) is 11.5 Å². The Labute approximate surface area is 178 Å². The highest BCUT2D eigenvalue weighted by Crippen LogP contribution is 2.31. The fraction of sp³-hybridized carbons (Fsp3) is 0.409. The van der Waals surface area contributed by atoms with Crippen LogP contribution < -0.4 is 14.8 Å². The van der Waals surface area contributed by atoms with Gasteiger partial charge in [-0.25, -0.2) is 4.79 Å². The van der Waals surface area contributed by atoms with Crippen molar-refractivity contribution in [2.75, 3.05) is 40.0 Å². The Morgan fingerprint density at radius 3 is 2.66 bits per heavy atom. The maximum Gasteiger partial charge on any atom is 0.344 e. The summed E-state index contributed by atoms with van der Waals surface area (Å²) in [5.41, 5.74) is 2.40. The second-order valence-corrected chi connectivity index (χ2v) is 6.67. The van der Waals surface area contributed by atoms with Crippen LogP contribution in [0.2, 0.25) is 0 Å². The third-order valence-corrected chi connectivity index (χ3v) is 4.82. The van der Waals surface area contributed by atoms with Gasteiger partial charge in [0, 0.05) is 31.7 Å². The second-order valence-electron chi connectivity index (χ2n) is 6.67. The molecule has 7 heteroatoms. The molecular formula is C22H29ClN2O4. The molecule has 0 spiro atoms. The molecule has 1 aliphatic rings. The third-order valence-electron chi connectivity index (χ3n) is 4.82. The van der Waals surface area contributed by atoms with Gasteiger partial charge in [0.05, 0.1) is 19.8 Å². The topological polar surface area (TPSA) is 60.0 Å². The van der Waals surface area contributed by atoms with Crippen LogP contribution in [0.1, 0.15) is 24.1 Å². The largest absolute Gasteiger partial charge is 0.496 e. The van der Waals surface area contributed by atoms with Crippen LogP contribution in [0.5, 0.6) is 11.5 Å². The number of carbonyl (C=O) groups is 1. The molecule has 0 bridgehead atoms. The van der Waals surface area contributed by atoms with E-state index in [9.17, 15) is 4.79 Å². The number of ether oxygens (including phenoxy) is 3. The lowest BCUT2D eigenvalue weighted by molar-refractivity contribution is -0.145. The smallest absolute Gasteiger partial charge is 0.344 e. The lowest BCUT2D eigenvalue weighted by Crippen LogP contribution is -2.45. The maximum absolute atomic E-state index is 11.4. The zero-order chi connectivity index (χ0) is 19.8. The van der Waals surface area contributed by atoms with Gasteiger partial charge in [-0.1, -0.05) is 30.3 Å². The number of hydrogen-bond donors (Lipinski definition) is 1. The fourth-order valence-corrected chi connectivity index (χ4v) is 3.45. The van der Waals surface area contributed by atoms with Crippen LogP contribution in [0.3, 0.4) is 0 Å². The Bertz CT molecular complexity index is 770. The molecule has 29 heavy (non-hydrogen) atoms. The SMILES string of the molecule is CCOC(=O)COc1ccc(CN2CCNCC2c2ccccc2OC)cc1.Cl. The van der Waals surface area contributed by atoms with E-state index in [1.807, 2.05) is 36.4 Å². The summed E-state index contributed by atoms with van der Waals surface area (Å²) in [6, 6.07) is 16.3. The Morgan fingerprint density at radius 2 is 1.93 bits per heavy atom. The number of esters is 1. The molecule has 0 amide bonds. The van der Waals surface area contributed by atoms with E-state index in [2.05, 4.69) is 22.3 Å². The Kier molecular flexibility index (Phi) is 9.25. The lowest BCUT2D eigenvalue weighted by Gasteiger charge is -2.37. The molecule has 1 heterocycles. The van der Waals surface area contributed by atoms with Crippen molar-refractivity contribution < 1.29 is 19.0 Å². The van der Waals surface area contributed by atoms with Gasteiger partial charge in [0.15, 0.2) is 6.61 Å². The fourth-order valence-electron chi connectivity index (χ4n) is 3.45. The molecular weight excluding hydrogens is 392 g/mol. The molecule has 1 aliphatic heterocycles. The first-order valence-corrected chi connectivity index (χ1v) is 9.66. The van der Waals surface area contributed by atoms with E-state index >= 15 is 0 Å².